The second kappa shape index (κ2) is 10.1. The lowest BCUT2D eigenvalue weighted by Gasteiger charge is -2.43. The molecule has 2 aromatic rings. The maximum absolute atomic E-state index is 13.4. The van der Waals surface area contributed by atoms with Crippen molar-refractivity contribution < 1.29 is 46.1 Å². The maximum atomic E-state index is 13.4. The number of aliphatic carboxylic acids is 1. The van der Waals surface area contributed by atoms with Gasteiger partial charge in [-0.2, -0.15) is 26.3 Å². The molecule has 0 radical (unpaired) electrons. The Morgan fingerprint density at radius 2 is 1.71 bits per heavy atom. The first-order valence-electron chi connectivity index (χ1n) is 10.8. The van der Waals surface area contributed by atoms with E-state index in [0.717, 1.165) is 0 Å². The van der Waals surface area contributed by atoms with E-state index < -0.39 is 53.1 Å². The Morgan fingerprint density at radius 1 is 1.06 bits per heavy atom. The van der Waals surface area contributed by atoms with E-state index in [2.05, 4.69) is 0 Å². The van der Waals surface area contributed by atoms with Gasteiger partial charge in [0.2, 0.25) is 0 Å². The van der Waals surface area contributed by atoms with Crippen LogP contribution in [0.1, 0.15) is 48.2 Å². The number of carboxylic acids is 1. The number of rotatable bonds is 8. The number of aliphatic hydroxyl groups excluding tert-OH is 1. The molecule has 0 spiro atoms. The molecule has 1 fully saturated rings. The molecule has 0 aliphatic carbocycles. The molecule has 0 saturated carbocycles. The highest BCUT2D eigenvalue weighted by Crippen LogP contribution is 2.41. The number of halogens is 6. The van der Waals surface area contributed by atoms with Crippen LogP contribution in [-0.2, 0) is 17.1 Å². The number of carboxylic acid groups (broad SMARTS) is 1. The van der Waals surface area contributed by atoms with Crippen molar-refractivity contribution in [2.75, 3.05) is 19.7 Å². The second-order valence-corrected chi connectivity index (χ2v) is 8.75. The number of aliphatic hydroxyl groups is 1. The molecule has 3 rings (SSSR count). The highest BCUT2D eigenvalue weighted by Gasteiger charge is 2.40. The number of nitrogens with zero attached hydrogens (tertiary/aromatic N) is 1. The highest BCUT2D eigenvalue weighted by atomic mass is 19.4. The maximum Gasteiger partial charge on any atom is 0.416 e. The summed E-state index contributed by atoms with van der Waals surface area (Å²) in [7, 11) is 0. The summed E-state index contributed by atoms with van der Waals surface area (Å²) in [6, 6.07) is 6.89. The van der Waals surface area contributed by atoms with Crippen molar-refractivity contribution in [3.8, 4) is 5.75 Å². The number of hydrogen-bond donors (Lipinski definition) is 2. The van der Waals surface area contributed by atoms with Gasteiger partial charge in [-0.3, -0.25) is 9.69 Å². The predicted octanol–water partition coefficient (Wildman–Crippen LogP) is 5.55. The van der Waals surface area contributed by atoms with Gasteiger partial charge in [-0.25, -0.2) is 0 Å². The summed E-state index contributed by atoms with van der Waals surface area (Å²) in [5.41, 5.74) is -2.29. The summed E-state index contributed by atoms with van der Waals surface area (Å²) in [5, 5.41) is 19.2. The zero-order valence-corrected chi connectivity index (χ0v) is 18.9. The third kappa shape index (κ3) is 6.26. The van der Waals surface area contributed by atoms with Crippen LogP contribution in [-0.4, -0.2) is 40.8 Å². The SMILES string of the molecule is CC(c1cc(C(F)(F)F)ccc1C(F)(F)F)N1CC(COc2cccc([C@H](O)[C@H](C)C(=O)O)c2)C1. The lowest BCUT2D eigenvalue weighted by Crippen LogP contribution is -2.50. The van der Waals surface area contributed by atoms with Crippen LogP contribution < -0.4 is 4.74 Å². The van der Waals surface area contributed by atoms with Gasteiger partial charge in [0.05, 0.1) is 29.8 Å². The summed E-state index contributed by atoms with van der Waals surface area (Å²) in [5.74, 6) is -1.85. The zero-order chi connectivity index (χ0) is 26.1. The molecule has 1 heterocycles. The van der Waals surface area contributed by atoms with Gasteiger partial charge in [-0.05, 0) is 55.3 Å². The van der Waals surface area contributed by atoms with E-state index in [9.17, 15) is 36.2 Å². The lowest BCUT2D eigenvalue weighted by atomic mass is 9.92. The summed E-state index contributed by atoms with van der Waals surface area (Å²) >= 11 is 0. The Kier molecular flexibility index (Phi) is 7.71. The van der Waals surface area contributed by atoms with Crippen LogP contribution in [0, 0.1) is 11.8 Å². The minimum atomic E-state index is -4.78. The quantitative estimate of drug-likeness (QED) is 0.461. The molecular weight excluding hydrogens is 480 g/mol. The first-order chi connectivity index (χ1) is 16.2. The summed E-state index contributed by atoms with van der Waals surface area (Å²) in [6.07, 6.45) is -10.8. The van der Waals surface area contributed by atoms with Crippen molar-refractivity contribution in [3.05, 3.63) is 64.7 Å². The van der Waals surface area contributed by atoms with Crippen molar-refractivity contribution in [2.24, 2.45) is 11.8 Å². The monoisotopic (exact) mass is 505 g/mol. The molecule has 35 heavy (non-hydrogen) atoms. The Hall–Kier alpha value is -2.79. The van der Waals surface area contributed by atoms with E-state index >= 15 is 0 Å². The molecule has 1 aliphatic heterocycles. The molecule has 192 valence electrons. The van der Waals surface area contributed by atoms with E-state index in [1.807, 2.05) is 0 Å². The van der Waals surface area contributed by atoms with Crippen LogP contribution in [0.5, 0.6) is 5.75 Å². The predicted molar refractivity (Wildman–Crippen MR) is 114 cm³/mol. The van der Waals surface area contributed by atoms with Gasteiger partial charge in [0, 0.05) is 25.0 Å². The third-order valence-corrected chi connectivity index (χ3v) is 6.22. The molecule has 0 aromatic heterocycles. The second-order valence-electron chi connectivity index (χ2n) is 8.75. The van der Waals surface area contributed by atoms with Crippen LogP contribution in [0.25, 0.3) is 0 Å². The number of hydrogen-bond acceptors (Lipinski definition) is 4. The minimum Gasteiger partial charge on any atom is -0.493 e. The van der Waals surface area contributed by atoms with Crippen molar-refractivity contribution in [1.29, 1.82) is 0 Å². The van der Waals surface area contributed by atoms with E-state index in [1.165, 1.54) is 19.9 Å². The fourth-order valence-corrected chi connectivity index (χ4v) is 4.00. The largest absolute Gasteiger partial charge is 0.493 e. The van der Waals surface area contributed by atoms with Crippen LogP contribution >= 0.6 is 0 Å². The highest BCUT2D eigenvalue weighted by molar-refractivity contribution is 5.70. The molecule has 2 aromatic carbocycles. The van der Waals surface area contributed by atoms with Crippen molar-refractivity contribution >= 4 is 5.97 Å². The van der Waals surface area contributed by atoms with E-state index in [1.54, 1.807) is 23.1 Å². The van der Waals surface area contributed by atoms with Gasteiger partial charge >= 0.3 is 18.3 Å². The summed E-state index contributed by atoms with van der Waals surface area (Å²) in [6.45, 7) is 3.67. The average Bonchev–Trinajstić information content (AvgIpc) is 2.75. The molecule has 1 saturated heterocycles. The zero-order valence-electron chi connectivity index (χ0n) is 18.9. The Morgan fingerprint density at radius 3 is 2.29 bits per heavy atom. The van der Waals surface area contributed by atoms with Crippen molar-refractivity contribution in [2.45, 2.75) is 38.3 Å². The fourth-order valence-electron chi connectivity index (χ4n) is 4.00. The lowest BCUT2D eigenvalue weighted by molar-refractivity contribution is -0.145. The molecule has 11 heteroatoms. The molecule has 0 amide bonds. The summed E-state index contributed by atoms with van der Waals surface area (Å²) < 4.78 is 85.2. The van der Waals surface area contributed by atoms with Gasteiger partial charge in [-0.1, -0.05) is 12.1 Å². The fraction of sp³-hybridized carbons (Fsp3) is 0.458. The average molecular weight is 505 g/mol. The molecule has 1 aliphatic rings. The standard InChI is InChI=1S/C24H25F6NO4/c1-13(22(33)34)21(32)16-4-3-5-18(8-16)35-12-15-10-31(11-15)14(2)19-9-17(23(25,26)27)6-7-20(19)24(28,29)30/h3-9,13-15,21,32H,10-12H2,1-2H3,(H,33,34)/t13-,14?,21+/m0/s1. The van der Waals surface area contributed by atoms with Gasteiger partial charge in [0.25, 0.3) is 0 Å². The molecule has 3 atom stereocenters. The Bertz CT molecular complexity index is 1050. The molecule has 0 bridgehead atoms. The Balaban J connectivity index is 1.63. The van der Waals surface area contributed by atoms with Gasteiger partial charge in [0.1, 0.15) is 5.75 Å². The molecule has 5 nitrogen and oxygen atoms in total. The van der Waals surface area contributed by atoms with E-state index in [4.69, 9.17) is 9.84 Å². The number of alkyl halides is 6. The van der Waals surface area contributed by atoms with Crippen molar-refractivity contribution in [3.63, 3.8) is 0 Å². The van der Waals surface area contributed by atoms with Crippen LogP contribution in [0.15, 0.2) is 42.5 Å². The smallest absolute Gasteiger partial charge is 0.416 e. The van der Waals surface area contributed by atoms with Gasteiger partial charge in [0.15, 0.2) is 0 Å². The van der Waals surface area contributed by atoms with Gasteiger partial charge < -0.3 is 14.9 Å². The number of carbonyl (C=O) groups is 1. The van der Waals surface area contributed by atoms with E-state index in [0.29, 0.717) is 42.6 Å². The van der Waals surface area contributed by atoms with Gasteiger partial charge in [-0.15, -0.1) is 0 Å². The molecule has 1 unspecified atom stereocenters. The normalized spacial score (nSPS) is 18.0. The molecular formula is C24H25F6NO4. The summed E-state index contributed by atoms with van der Waals surface area (Å²) in [4.78, 5) is 12.7. The Labute approximate surface area is 197 Å². The number of likely N-dealkylation sites (tertiary alicyclic amines) is 1. The van der Waals surface area contributed by atoms with Crippen LogP contribution in [0.3, 0.4) is 0 Å². The number of benzene rings is 2. The van der Waals surface area contributed by atoms with Crippen LogP contribution in [0.2, 0.25) is 0 Å². The topological polar surface area (TPSA) is 70.0 Å². The third-order valence-electron chi connectivity index (χ3n) is 6.22. The molecule has 2 N–H and O–H groups in total. The van der Waals surface area contributed by atoms with Crippen LogP contribution in [0.4, 0.5) is 26.3 Å². The first kappa shape index (κ1) is 26.8. The van der Waals surface area contributed by atoms with E-state index in [-0.39, 0.29) is 12.5 Å². The first-order valence-corrected chi connectivity index (χ1v) is 10.8. The number of ether oxygens (including phenoxy) is 1. The minimum absolute atomic E-state index is 0.0656. The van der Waals surface area contributed by atoms with Crippen molar-refractivity contribution in [1.82, 2.24) is 4.90 Å².